The van der Waals surface area contributed by atoms with Crippen molar-refractivity contribution in [2.45, 2.75) is 0 Å². The highest BCUT2D eigenvalue weighted by Crippen LogP contribution is 2.35. The number of aromatic nitrogens is 1. The maximum Gasteiger partial charge on any atom is 0.171 e. The molecule has 0 bridgehead atoms. The molecular weight excluding hydrogens is 253 g/mol. The van der Waals surface area contributed by atoms with Crippen molar-refractivity contribution in [3.63, 3.8) is 0 Å². The molecule has 0 atom stereocenters. The topological polar surface area (TPSA) is 26.0 Å². The molecule has 0 amide bonds. The molecule has 0 aliphatic carbocycles. The highest BCUT2D eigenvalue weighted by Gasteiger charge is 2.14. The maximum absolute atomic E-state index is 13.8. The minimum atomic E-state index is -0.342. The zero-order valence-electron chi connectivity index (χ0n) is 10.5. The Kier molecular flexibility index (Phi) is 2.33. The van der Waals surface area contributed by atoms with E-state index in [2.05, 4.69) is 4.98 Å². The first-order valence-corrected chi connectivity index (χ1v) is 6.36. The van der Waals surface area contributed by atoms with Crippen LogP contribution in [0.4, 0.5) is 4.39 Å². The van der Waals surface area contributed by atoms with Crippen LogP contribution < -0.4 is 0 Å². The number of nitrogens with zero attached hydrogens (tertiary/aromatic N) is 1. The standard InChI is InChI=1S/C17H10FNO/c18-14-8-4-6-12-11-5-3-7-13(16(11)20-17(12)14)15-9-1-2-10-19-15/h1-10H. The first-order chi connectivity index (χ1) is 9.84. The molecule has 96 valence electrons. The van der Waals surface area contributed by atoms with Gasteiger partial charge in [-0.3, -0.25) is 4.98 Å². The SMILES string of the molecule is Fc1cccc2c1oc1c(-c3ccccn3)cccc12. The molecule has 20 heavy (non-hydrogen) atoms. The molecule has 2 aromatic heterocycles. The van der Waals surface area contributed by atoms with Crippen molar-refractivity contribution in [1.82, 2.24) is 4.98 Å². The summed E-state index contributed by atoms with van der Waals surface area (Å²) in [5, 5.41) is 1.69. The van der Waals surface area contributed by atoms with E-state index in [0.717, 1.165) is 22.0 Å². The average Bonchev–Trinajstić information content (AvgIpc) is 2.88. The minimum Gasteiger partial charge on any atom is -0.452 e. The number of pyridine rings is 1. The van der Waals surface area contributed by atoms with E-state index in [1.807, 2.05) is 42.5 Å². The van der Waals surface area contributed by atoms with Crippen molar-refractivity contribution >= 4 is 21.9 Å². The molecule has 4 aromatic rings. The lowest BCUT2D eigenvalue weighted by Gasteiger charge is -2.00. The molecule has 0 fully saturated rings. The summed E-state index contributed by atoms with van der Waals surface area (Å²) in [5.41, 5.74) is 2.66. The first kappa shape index (κ1) is 11.2. The summed E-state index contributed by atoms with van der Waals surface area (Å²) in [7, 11) is 0. The summed E-state index contributed by atoms with van der Waals surface area (Å²) in [6.07, 6.45) is 1.73. The Hall–Kier alpha value is -2.68. The normalized spacial score (nSPS) is 11.2. The van der Waals surface area contributed by atoms with Crippen molar-refractivity contribution in [3.05, 3.63) is 66.6 Å². The summed E-state index contributed by atoms with van der Waals surface area (Å²) in [6.45, 7) is 0. The molecule has 0 N–H and O–H groups in total. The molecule has 3 heteroatoms. The highest BCUT2D eigenvalue weighted by atomic mass is 19.1. The second kappa shape index (κ2) is 4.17. The van der Waals surface area contributed by atoms with Crippen LogP contribution in [-0.4, -0.2) is 4.98 Å². The number of fused-ring (bicyclic) bond motifs is 3. The van der Waals surface area contributed by atoms with Gasteiger partial charge in [-0.25, -0.2) is 4.39 Å². The van der Waals surface area contributed by atoms with Crippen LogP contribution in [0, 0.1) is 5.82 Å². The van der Waals surface area contributed by atoms with E-state index in [1.54, 1.807) is 12.3 Å². The first-order valence-electron chi connectivity index (χ1n) is 6.36. The molecule has 0 radical (unpaired) electrons. The molecule has 2 heterocycles. The monoisotopic (exact) mass is 263 g/mol. The van der Waals surface area contributed by atoms with E-state index in [1.165, 1.54) is 6.07 Å². The molecule has 0 saturated carbocycles. The van der Waals surface area contributed by atoms with Gasteiger partial charge >= 0.3 is 0 Å². The number of hydrogen-bond donors (Lipinski definition) is 0. The van der Waals surface area contributed by atoms with Gasteiger partial charge in [0, 0.05) is 22.5 Å². The van der Waals surface area contributed by atoms with Crippen LogP contribution in [0.25, 0.3) is 33.2 Å². The molecule has 0 saturated heterocycles. The van der Waals surface area contributed by atoms with Crippen LogP contribution in [0.5, 0.6) is 0 Å². The maximum atomic E-state index is 13.8. The van der Waals surface area contributed by atoms with E-state index < -0.39 is 0 Å². The summed E-state index contributed by atoms with van der Waals surface area (Å²) in [4.78, 5) is 4.34. The lowest BCUT2D eigenvalue weighted by molar-refractivity contribution is 0.584. The van der Waals surface area contributed by atoms with Gasteiger partial charge in [0.1, 0.15) is 5.58 Å². The fourth-order valence-electron chi connectivity index (χ4n) is 2.51. The molecule has 2 aromatic carbocycles. The van der Waals surface area contributed by atoms with Crippen LogP contribution >= 0.6 is 0 Å². The van der Waals surface area contributed by atoms with Crippen molar-refractivity contribution in [2.24, 2.45) is 0 Å². The van der Waals surface area contributed by atoms with Crippen LogP contribution in [0.2, 0.25) is 0 Å². The van der Waals surface area contributed by atoms with E-state index in [0.29, 0.717) is 11.2 Å². The van der Waals surface area contributed by atoms with Gasteiger partial charge in [0.05, 0.1) is 5.69 Å². The Morgan fingerprint density at radius 3 is 2.40 bits per heavy atom. The van der Waals surface area contributed by atoms with Gasteiger partial charge < -0.3 is 4.42 Å². The third-order valence-electron chi connectivity index (χ3n) is 3.42. The van der Waals surface area contributed by atoms with Crippen molar-refractivity contribution < 1.29 is 8.81 Å². The zero-order chi connectivity index (χ0) is 13.5. The van der Waals surface area contributed by atoms with E-state index >= 15 is 0 Å². The zero-order valence-corrected chi connectivity index (χ0v) is 10.5. The largest absolute Gasteiger partial charge is 0.452 e. The fourth-order valence-corrected chi connectivity index (χ4v) is 2.51. The summed E-state index contributed by atoms with van der Waals surface area (Å²) < 4.78 is 19.6. The molecule has 0 aliphatic rings. The summed E-state index contributed by atoms with van der Waals surface area (Å²) in [5.74, 6) is -0.342. The Labute approximate surface area is 114 Å². The second-order valence-corrected chi connectivity index (χ2v) is 4.62. The Morgan fingerprint density at radius 2 is 1.60 bits per heavy atom. The third-order valence-corrected chi connectivity index (χ3v) is 3.42. The second-order valence-electron chi connectivity index (χ2n) is 4.62. The van der Waals surface area contributed by atoms with E-state index in [9.17, 15) is 4.39 Å². The Morgan fingerprint density at radius 1 is 0.800 bits per heavy atom. The molecule has 0 spiro atoms. The van der Waals surface area contributed by atoms with Crippen LogP contribution in [0.3, 0.4) is 0 Å². The van der Waals surface area contributed by atoms with E-state index in [4.69, 9.17) is 4.42 Å². The number of para-hydroxylation sites is 2. The predicted octanol–water partition coefficient (Wildman–Crippen LogP) is 4.79. The van der Waals surface area contributed by atoms with Gasteiger partial charge in [0.15, 0.2) is 11.4 Å². The van der Waals surface area contributed by atoms with Gasteiger partial charge in [-0.05, 0) is 24.3 Å². The predicted molar refractivity (Wildman–Crippen MR) is 76.9 cm³/mol. The smallest absolute Gasteiger partial charge is 0.171 e. The van der Waals surface area contributed by atoms with Gasteiger partial charge in [0.25, 0.3) is 0 Å². The molecular formula is C17H10FNO. The molecule has 4 rings (SSSR count). The van der Waals surface area contributed by atoms with Crippen molar-refractivity contribution in [3.8, 4) is 11.3 Å². The molecule has 0 aliphatic heterocycles. The quantitative estimate of drug-likeness (QED) is 0.493. The number of hydrogen-bond acceptors (Lipinski definition) is 2. The average molecular weight is 263 g/mol. The molecule has 2 nitrogen and oxygen atoms in total. The van der Waals surface area contributed by atoms with Crippen LogP contribution in [0.15, 0.2) is 65.2 Å². The lowest BCUT2D eigenvalue weighted by Crippen LogP contribution is -1.81. The highest BCUT2D eigenvalue weighted by molar-refractivity contribution is 6.09. The van der Waals surface area contributed by atoms with Gasteiger partial charge in [-0.1, -0.05) is 30.3 Å². The summed E-state index contributed by atoms with van der Waals surface area (Å²) >= 11 is 0. The van der Waals surface area contributed by atoms with Gasteiger partial charge in [-0.15, -0.1) is 0 Å². The van der Waals surface area contributed by atoms with Gasteiger partial charge in [-0.2, -0.15) is 0 Å². The fraction of sp³-hybridized carbons (Fsp3) is 0. The van der Waals surface area contributed by atoms with Crippen molar-refractivity contribution in [1.29, 1.82) is 0 Å². The number of benzene rings is 2. The Balaban J connectivity index is 2.14. The number of halogens is 1. The summed E-state index contributed by atoms with van der Waals surface area (Å²) in [6, 6.07) is 16.5. The minimum absolute atomic E-state index is 0.297. The third kappa shape index (κ3) is 1.53. The Bertz CT molecular complexity index is 912. The number of furan rings is 1. The van der Waals surface area contributed by atoms with E-state index in [-0.39, 0.29) is 5.82 Å². The molecule has 0 unspecified atom stereocenters. The van der Waals surface area contributed by atoms with Crippen LogP contribution in [-0.2, 0) is 0 Å². The number of rotatable bonds is 1. The van der Waals surface area contributed by atoms with Crippen LogP contribution in [0.1, 0.15) is 0 Å². The van der Waals surface area contributed by atoms with Gasteiger partial charge in [0.2, 0.25) is 0 Å². The van der Waals surface area contributed by atoms with Crippen molar-refractivity contribution in [2.75, 3.05) is 0 Å². The lowest BCUT2D eigenvalue weighted by atomic mass is 10.1.